The van der Waals surface area contributed by atoms with E-state index < -0.39 is 0 Å². The van der Waals surface area contributed by atoms with Gasteiger partial charge >= 0.3 is 0 Å². The van der Waals surface area contributed by atoms with E-state index in [2.05, 4.69) is 25.2 Å². The van der Waals surface area contributed by atoms with Crippen LogP contribution in [0.2, 0.25) is 0 Å². The number of hydrogen-bond acceptors (Lipinski definition) is 7. The first-order valence-electron chi connectivity index (χ1n) is 9.52. The molecule has 1 amide bonds. The molecule has 0 spiro atoms. The van der Waals surface area contributed by atoms with Gasteiger partial charge in [-0.05, 0) is 31.0 Å². The second kappa shape index (κ2) is 8.30. The van der Waals surface area contributed by atoms with E-state index in [0.29, 0.717) is 29.4 Å². The molecule has 1 saturated heterocycles. The lowest BCUT2D eigenvalue weighted by molar-refractivity contribution is -0.120. The number of amides is 1. The third kappa shape index (κ3) is 4.06. The number of hydrogen-bond donors (Lipinski definition) is 1. The van der Waals surface area contributed by atoms with Gasteiger partial charge in [0.1, 0.15) is 17.0 Å². The number of methoxy groups -OCH3 is 2. The van der Waals surface area contributed by atoms with Crippen molar-refractivity contribution in [3.8, 4) is 11.5 Å². The van der Waals surface area contributed by atoms with Crippen molar-refractivity contribution < 1.29 is 14.3 Å². The molecule has 1 fully saturated rings. The highest BCUT2D eigenvalue weighted by Gasteiger charge is 2.27. The quantitative estimate of drug-likeness (QED) is 0.713. The number of benzene rings is 1. The van der Waals surface area contributed by atoms with Crippen LogP contribution in [-0.2, 0) is 4.79 Å². The Bertz CT molecular complexity index is 1030. The van der Waals surface area contributed by atoms with Gasteiger partial charge in [0.05, 0.1) is 37.7 Å². The third-order valence-electron chi connectivity index (χ3n) is 5.13. The Labute approximate surface area is 168 Å². The Morgan fingerprint density at radius 2 is 2.00 bits per heavy atom. The lowest BCUT2D eigenvalue weighted by Gasteiger charge is -2.33. The number of pyridine rings is 1. The standard InChI is InChI=1S/C21H23N5O3/c1-28-16-5-6-19(29-2)17(11-16)25-21(27)14-4-3-9-26(13-14)15-10-18-20(24-12-15)23-8-7-22-18/h5-8,10-12,14H,3-4,9,13H2,1-2H3,(H,25,27). The molecule has 1 aromatic carbocycles. The topological polar surface area (TPSA) is 89.5 Å². The summed E-state index contributed by atoms with van der Waals surface area (Å²) in [5, 5.41) is 3.00. The minimum atomic E-state index is -0.141. The van der Waals surface area contributed by atoms with Gasteiger partial charge in [0, 0.05) is 31.5 Å². The number of carbonyl (C=O) groups is 1. The summed E-state index contributed by atoms with van der Waals surface area (Å²) < 4.78 is 10.6. The number of nitrogens with one attached hydrogen (secondary N) is 1. The van der Waals surface area contributed by atoms with Crippen LogP contribution in [0.3, 0.4) is 0 Å². The lowest BCUT2D eigenvalue weighted by atomic mass is 9.96. The minimum absolute atomic E-state index is 0.0326. The van der Waals surface area contributed by atoms with E-state index >= 15 is 0 Å². The first kappa shape index (κ1) is 18.9. The zero-order valence-electron chi connectivity index (χ0n) is 16.5. The van der Waals surface area contributed by atoms with Crippen molar-refractivity contribution in [2.45, 2.75) is 12.8 Å². The van der Waals surface area contributed by atoms with Gasteiger partial charge in [-0.3, -0.25) is 9.78 Å². The maximum atomic E-state index is 13.0. The molecule has 1 unspecified atom stereocenters. The van der Waals surface area contributed by atoms with Gasteiger partial charge < -0.3 is 19.7 Å². The molecule has 3 aromatic rings. The van der Waals surface area contributed by atoms with Gasteiger partial charge in [-0.2, -0.15) is 0 Å². The summed E-state index contributed by atoms with van der Waals surface area (Å²) in [7, 11) is 3.17. The molecule has 2 aromatic heterocycles. The average molecular weight is 393 g/mol. The zero-order chi connectivity index (χ0) is 20.2. The van der Waals surface area contributed by atoms with E-state index in [4.69, 9.17) is 9.47 Å². The Morgan fingerprint density at radius 1 is 1.14 bits per heavy atom. The molecule has 3 heterocycles. The number of rotatable bonds is 5. The number of aromatic nitrogens is 3. The summed E-state index contributed by atoms with van der Waals surface area (Å²) >= 11 is 0. The van der Waals surface area contributed by atoms with Crippen molar-refractivity contribution in [2.24, 2.45) is 5.92 Å². The fraction of sp³-hybridized carbons (Fsp3) is 0.333. The minimum Gasteiger partial charge on any atom is -0.497 e. The van der Waals surface area contributed by atoms with Crippen molar-refractivity contribution in [3.63, 3.8) is 0 Å². The normalized spacial score (nSPS) is 16.5. The van der Waals surface area contributed by atoms with Gasteiger partial charge in [-0.25, -0.2) is 9.97 Å². The molecule has 1 aliphatic heterocycles. The summed E-state index contributed by atoms with van der Waals surface area (Å²) in [6, 6.07) is 7.32. The zero-order valence-corrected chi connectivity index (χ0v) is 16.5. The van der Waals surface area contributed by atoms with E-state index in [9.17, 15) is 4.79 Å². The lowest BCUT2D eigenvalue weighted by Crippen LogP contribution is -2.40. The number of ether oxygens (including phenoxy) is 2. The van der Waals surface area contributed by atoms with Gasteiger partial charge in [0.15, 0.2) is 5.65 Å². The number of carbonyl (C=O) groups excluding carboxylic acids is 1. The Hall–Kier alpha value is -3.42. The Morgan fingerprint density at radius 3 is 2.83 bits per heavy atom. The Kier molecular flexibility index (Phi) is 5.41. The molecule has 1 aliphatic rings. The number of fused-ring (bicyclic) bond motifs is 1. The highest BCUT2D eigenvalue weighted by atomic mass is 16.5. The van der Waals surface area contributed by atoms with E-state index in [0.717, 1.165) is 30.6 Å². The van der Waals surface area contributed by atoms with Crippen molar-refractivity contribution in [1.82, 2.24) is 15.0 Å². The maximum Gasteiger partial charge on any atom is 0.229 e. The monoisotopic (exact) mass is 393 g/mol. The molecule has 0 radical (unpaired) electrons. The van der Waals surface area contributed by atoms with Crippen LogP contribution in [0.1, 0.15) is 12.8 Å². The summed E-state index contributed by atoms with van der Waals surface area (Å²) in [6.45, 7) is 1.49. The van der Waals surface area contributed by atoms with Crippen LogP contribution in [-0.4, -0.2) is 48.2 Å². The Balaban J connectivity index is 1.50. The predicted molar refractivity (Wildman–Crippen MR) is 110 cm³/mol. The summed E-state index contributed by atoms with van der Waals surface area (Å²) in [5.74, 6) is 1.09. The highest BCUT2D eigenvalue weighted by Crippen LogP contribution is 2.31. The molecule has 0 bridgehead atoms. The molecule has 8 heteroatoms. The number of piperidine rings is 1. The van der Waals surface area contributed by atoms with Crippen LogP contribution in [0.15, 0.2) is 42.9 Å². The molecule has 29 heavy (non-hydrogen) atoms. The maximum absolute atomic E-state index is 13.0. The van der Waals surface area contributed by atoms with Gasteiger partial charge in [0.25, 0.3) is 0 Å². The third-order valence-corrected chi connectivity index (χ3v) is 5.13. The summed E-state index contributed by atoms with van der Waals surface area (Å²) in [6.07, 6.45) is 6.83. The van der Waals surface area contributed by atoms with E-state index in [1.165, 1.54) is 0 Å². The summed E-state index contributed by atoms with van der Waals surface area (Å²) in [4.78, 5) is 28.1. The van der Waals surface area contributed by atoms with Crippen LogP contribution >= 0.6 is 0 Å². The van der Waals surface area contributed by atoms with Crippen LogP contribution < -0.4 is 19.7 Å². The van der Waals surface area contributed by atoms with E-state index in [-0.39, 0.29) is 11.8 Å². The van der Waals surface area contributed by atoms with Crippen LogP contribution in [0.25, 0.3) is 11.2 Å². The SMILES string of the molecule is COc1ccc(OC)c(NC(=O)C2CCCN(c3cnc4nccnc4c3)C2)c1. The first-order valence-corrected chi connectivity index (χ1v) is 9.52. The molecular weight excluding hydrogens is 370 g/mol. The predicted octanol–water partition coefficient (Wildman–Crippen LogP) is 2.90. The van der Waals surface area contributed by atoms with Crippen LogP contribution in [0.4, 0.5) is 11.4 Å². The van der Waals surface area contributed by atoms with Crippen LogP contribution in [0.5, 0.6) is 11.5 Å². The second-order valence-corrected chi connectivity index (χ2v) is 6.93. The van der Waals surface area contributed by atoms with Crippen molar-refractivity contribution in [1.29, 1.82) is 0 Å². The fourth-order valence-corrected chi connectivity index (χ4v) is 3.59. The second-order valence-electron chi connectivity index (χ2n) is 6.93. The molecule has 1 atom stereocenters. The van der Waals surface area contributed by atoms with Gasteiger partial charge in [0.2, 0.25) is 5.91 Å². The highest BCUT2D eigenvalue weighted by molar-refractivity contribution is 5.94. The van der Waals surface area contributed by atoms with Gasteiger partial charge in [-0.15, -0.1) is 0 Å². The summed E-state index contributed by atoms with van der Waals surface area (Å²) in [5.41, 5.74) is 2.93. The van der Waals surface area contributed by atoms with Crippen molar-refractivity contribution in [3.05, 3.63) is 42.9 Å². The van der Waals surface area contributed by atoms with Gasteiger partial charge in [-0.1, -0.05) is 0 Å². The molecule has 8 nitrogen and oxygen atoms in total. The molecule has 0 aliphatic carbocycles. The molecule has 1 N–H and O–H groups in total. The van der Waals surface area contributed by atoms with E-state index in [1.54, 1.807) is 51.0 Å². The smallest absolute Gasteiger partial charge is 0.229 e. The largest absolute Gasteiger partial charge is 0.497 e. The van der Waals surface area contributed by atoms with Crippen LogP contribution in [0, 0.1) is 5.92 Å². The number of nitrogens with zero attached hydrogens (tertiary/aromatic N) is 4. The van der Waals surface area contributed by atoms with E-state index in [1.807, 2.05) is 6.07 Å². The first-order chi connectivity index (χ1) is 14.2. The molecular formula is C21H23N5O3. The molecule has 150 valence electrons. The van der Waals surface area contributed by atoms with Crippen molar-refractivity contribution >= 4 is 28.4 Å². The van der Waals surface area contributed by atoms with Crippen molar-refractivity contribution in [2.75, 3.05) is 37.5 Å². The molecule has 0 saturated carbocycles. The fourth-order valence-electron chi connectivity index (χ4n) is 3.59. The molecule has 4 rings (SSSR count). The number of anilines is 2. The average Bonchev–Trinajstić information content (AvgIpc) is 2.78.